The maximum atomic E-state index is 13.5. The third kappa shape index (κ3) is 4.17. The first-order valence-electron chi connectivity index (χ1n) is 10.5. The molecule has 8 nitrogen and oxygen atoms in total. The molecule has 2 N–H and O–H groups in total. The van der Waals surface area contributed by atoms with E-state index in [1.165, 1.54) is 5.01 Å². The Bertz CT molecular complexity index is 1210. The van der Waals surface area contributed by atoms with E-state index in [9.17, 15) is 9.59 Å². The molecule has 0 aliphatic carbocycles. The number of rotatable bonds is 5. The number of benzene rings is 2. The van der Waals surface area contributed by atoms with E-state index in [0.717, 1.165) is 17.0 Å². The lowest BCUT2D eigenvalue weighted by Gasteiger charge is -2.35. The standard InChI is InChI=1S/C24H21ClN4O4/c25-16-9-7-15(8-10-16)17-12-19(20-6-3-11-32-20)29(27-17)23(30)14-28-13-22(24(26)31)33-21-5-2-1-4-18(21)28/h1-11,19,22H,12-14H2,(H2,26,31)/t19-,22+/m0/s1. The van der Waals surface area contributed by atoms with Crippen molar-refractivity contribution in [2.45, 2.75) is 18.6 Å². The van der Waals surface area contributed by atoms with Crippen molar-refractivity contribution >= 4 is 34.8 Å². The summed E-state index contributed by atoms with van der Waals surface area (Å²) in [5, 5.41) is 6.73. The number of carbonyl (C=O) groups excluding carboxylic acids is 2. The van der Waals surface area contributed by atoms with Gasteiger partial charge in [0.15, 0.2) is 6.10 Å². The molecule has 0 fully saturated rings. The second kappa shape index (κ2) is 8.63. The molecular formula is C24H21ClN4O4. The van der Waals surface area contributed by atoms with Gasteiger partial charge in [-0.25, -0.2) is 5.01 Å². The first-order chi connectivity index (χ1) is 16.0. The molecule has 5 rings (SSSR count). The SMILES string of the molecule is NC(=O)[C@H]1CN(CC(=O)N2N=C(c3ccc(Cl)cc3)C[C@H]2c2ccco2)c2ccccc2O1. The largest absolute Gasteiger partial charge is 0.477 e. The Morgan fingerprint density at radius 2 is 1.88 bits per heavy atom. The minimum Gasteiger partial charge on any atom is -0.477 e. The van der Waals surface area contributed by atoms with Crippen molar-refractivity contribution in [3.8, 4) is 5.75 Å². The lowest BCUT2D eigenvalue weighted by Crippen LogP contribution is -2.50. The summed E-state index contributed by atoms with van der Waals surface area (Å²) in [6, 6.07) is 17.8. The summed E-state index contributed by atoms with van der Waals surface area (Å²) in [5.74, 6) is 0.336. The summed E-state index contributed by atoms with van der Waals surface area (Å²) in [6.07, 6.45) is 1.23. The number of nitrogens with two attached hydrogens (primary N) is 1. The van der Waals surface area contributed by atoms with Gasteiger partial charge in [-0.15, -0.1) is 0 Å². The van der Waals surface area contributed by atoms with Gasteiger partial charge in [0.1, 0.15) is 17.6 Å². The van der Waals surface area contributed by atoms with E-state index in [4.69, 9.17) is 26.5 Å². The Hall–Kier alpha value is -3.78. The van der Waals surface area contributed by atoms with E-state index < -0.39 is 12.0 Å². The Balaban J connectivity index is 1.44. The van der Waals surface area contributed by atoms with Crippen LogP contribution >= 0.6 is 11.6 Å². The molecule has 0 bridgehead atoms. The molecule has 0 saturated carbocycles. The number of para-hydroxylation sites is 2. The Labute approximate surface area is 195 Å². The zero-order valence-electron chi connectivity index (χ0n) is 17.6. The molecule has 3 aromatic rings. The van der Waals surface area contributed by atoms with Crippen LogP contribution in [0.1, 0.15) is 23.8 Å². The van der Waals surface area contributed by atoms with Gasteiger partial charge >= 0.3 is 0 Å². The van der Waals surface area contributed by atoms with Gasteiger partial charge in [-0.05, 0) is 42.0 Å². The average Bonchev–Trinajstić information content (AvgIpc) is 3.49. The minimum atomic E-state index is -0.847. The molecule has 2 aliphatic heterocycles. The number of primary amides is 1. The van der Waals surface area contributed by atoms with Gasteiger partial charge in [0.2, 0.25) is 0 Å². The number of carbonyl (C=O) groups is 2. The first-order valence-corrected chi connectivity index (χ1v) is 10.9. The van der Waals surface area contributed by atoms with Gasteiger partial charge in [0.05, 0.1) is 30.8 Å². The summed E-state index contributed by atoms with van der Waals surface area (Å²) < 4.78 is 11.3. The quantitative estimate of drug-likeness (QED) is 0.623. The molecule has 0 spiro atoms. The van der Waals surface area contributed by atoms with Crippen LogP contribution in [-0.4, -0.2) is 41.7 Å². The number of ether oxygens (including phenoxy) is 1. The lowest BCUT2D eigenvalue weighted by molar-refractivity contribution is -0.132. The molecule has 3 heterocycles. The summed E-state index contributed by atoms with van der Waals surface area (Å²) in [7, 11) is 0. The van der Waals surface area contributed by atoms with Gasteiger partial charge in [-0.2, -0.15) is 5.10 Å². The van der Waals surface area contributed by atoms with E-state index in [0.29, 0.717) is 23.0 Å². The molecule has 2 aromatic carbocycles. The number of hydrogen-bond donors (Lipinski definition) is 1. The maximum Gasteiger partial charge on any atom is 0.262 e. The lowest BCUT2D eigenvalue weighted by atomic mass is 10.0. The van der Waals surface area contributed by atoms with Crippen molar-refractivity contribution in [2.24, 2.45) is 10.8 Å². The topological polar surface area (TPSA) is 101 Å². The number of hydrazone groups is 1. The second-order valence-electron chi connectivity index (χ2n) is 7.88. The van der Waals surface area contributed by atoms with E-state index in [2.05, 4.69) is 5.10 Å². The van der Waals surface area contributed by atoms with Gasteiger partial charge in [-0.1, -0.05) is 35.9 Å². The molecule has 0 radical (unpaired) electrons. The van der Waals surface area contributed by atoms with Crippen molar-refractivity contribution in [2.75, 3.05) is 18.0 Å². The number of amides is 2. The maximum absolute atomic E-state index is 13.5. The molecule has 33 heavy (non-hydrogen) atoms. The molecule has 2 atom stereocenters. The van der Waals surface area contributed by atoms with Crippen LogP contribution in [0.25, 0.3) is 0 Å². The van der Waals surface area contributed by atoms with Crippen LogP contribution in [0.4, 0.5) is 5.69 Å². The molecule has 9 heteroatoms. The van der Waals surface area contributed by atoms with Crippen molar-refractivity contribution in [1.29, 1.82) is 0 Å². The van der Waals surface area contributed by atoms with Crippen molar-refractivity contribution in [3.63, 3.8) is 0 Å². The summed E-state index contributed by atoms with van der Waals surface area (Å²) in [4.78, 5) is 27.1. The number of anilines is 1. The van der Waals surface area contributed by atoms with Crippen LogP contribution in [-0.2, 0) is 9.59 Å². The van der Waals surface area contributed by atoms with Crippen LogP contribution in [0.3, 0.4) is 0 Å². The fraction of sp³-hybridized carbons (Fsp3) is 0.208. The zero-order valence-corrected chi connectivity index (χ0v) is 18.3. The molecular weight excluding hydrogens is 444 g/mol. The van der Waals surface area contributed by atoms with E-state index >= 15 is 0 Å². The highest BCUT2D eigenvalue weighted by Gasteiger charge is 2.37. The van der Waals surface area contributed by atoms with Crippen molar-refractivity contribution < 1.29 is 18.7 Å². The molecule has 0 unspecified atom stereocenters. The fourth-order valence-corrected chi connectivity index (χ4v) is 4.23. The second-order valence-corrected chi connectivity index (χ2v) is 8.32. The number of furan rings is 1. The van der Waals surface area contributed by atoms with Crippen LogP contribution in [0.15, 0.2) is 76.4 Å². The molecule has 1 aromatic heterocycles. The first kappa shape index (κ1) is 21.1. The predicted molar refractivity (Wildman–Crippen MR) is 123 cm³/mol. The Morgan fingerprint density at radius 3 is 2.61 bits per heavy atom. The van der Waals surface area contributed by atoms with Gasteiger partial charge in [0.25, 0.3) is 11.8 Å². The number of hydrogen-bond acceptors (Lipinski definition) is 6. The average molecular weight is 465 g/mol. The van der Waals surface area contributed by atoms with Crippen LogP contribution < -0.4 is 15.4 Å². The fourth-order valence-electron chi connectivity index (χ4n) is 4.10. The van der Waals surface area contributed by atoms with Crippen LogP contribution in [0.2, 0.25) is 5.02 Å². The molecule has 2 aliphatic rings. The number of fused-ring (bicyclic) bond motifs is 1. The summed E-state index contributed by atoms with van der Waals surface area (Å²) in [6.45, 7) is 0.170. The highest BCUT2D eigenvalue weighted by Crippen LogP contribution is 2.36. The molecule has 0 saturated heterocycles. The normalized spacial score (nSPS) is 19.6. The number of nitrogens with zero attached hydrogens (tertiary/aromatic N) is 3. The molecule has 168 valence electrons. The highest BCUT2D eigenvalue weighted by atomic mass is 35.5. The Morgan fingerprint density at radius 1 is 1.09 bits per heavy atom. The monoisotopic (exact) mass is 464 g/mol. The third-order valence-corrected chi connectivity index (χ3v) is 5.97. The Kier molecular flexibility index (Phi) is 5.51. The zero-order chi connectivity index (χ0) is 22.9. The highest BCUT2D eigenvalue weighted by molar-refractivity contribution is 6.30. The van der Waals surface area contributed by atoms with E-state index in [1.54, 1.807) is 41.5 Å². The van der Waals surface area contributed by atoms with Crippen molar-refractivity contribution in [1.82, 2.24) is 5.01 Å². The van der Waals surface area contributed by atoms with Crippen LogP contribution in [0.5, 0.6) is 5.75 Å². The smallest absolute Gasteiger partial charge is 0.262 e. The van der Waals surface area contributed by atoms with E-state index in [-0.39, 0.29) is 25.0 Å². The predicted octanol–water partition coefficient (Wildman–Crippen LogP) is 3.36. The van der Waals surface area contributed by atoms with Crippen LogP contribution in [0, 0.1) is 0 Å². The molecule has 2 amide bonds. The summed E-state index contributed by atoms with van der Waals surface area (Å²) >= 11 is 6.02. The summed E-state index contributed by atoms with van der Waals surface area (Å²) in [5.41, 5.74) is 7.86. The van der Waals surface area contributed by atoms with Gasteiger partial charge in [0, 0.05) is 11.4 Å². The third-order valence-electron chi connectivity index (χ3n) is 5.72. The van der Waals surface area contributed by atoms with Gasteiger partial charge < -0.3 is 19.8 Å². The number of halogens is 1. The van der Waals surface area contributed by atoms with E-state index in [1.807, 2.05) is 30.3 Å². The van der Waals surface area contributed by atoms with Crippen molar-refractivity contribution in [3.05, 3.63) is 83.3 Å². The van der Waals surface area contributed by atoms with Gasteiger partial charge in [-0.3, -0.25) is 9.59 Å². The minimum absolute atomic E-state index is 0.00123.